The number of amides is 1. The molecular formula is C19H20ClF5N6O. The Hall–Kier alpha value is -3.28. The first kappa shape index (κ1) is 26.8. The average Bonchev–Trinajstić information content (AvgIpc) is 2.69. The molecule has 0 fully saturated rings. The van der Waals surface area contributed by atoms with E-state index in [4.69, 9.17) is 23.1 Å². The van der Waals surface area contributed by atoms with E-state index in [1.165, 1.54) is 25.4 Å². The van der Waals surface area contributed by atoms with E-state index >= 15 is 0 Å². The number of nitrogens with two attached hydrogens (primary N) is 2. The molecule has 0 bridgehead atoms. The number of aliphatic imine (C=N–C) groups is 3. The third-order valence-corrected chi connectivity index (χ3v) is 4.00. The van der Waals surface area contributed by atoms with Crippen molar-refractivity contribution in [2.24, 2.45) is 26.4 Å². The minimum atomic E-state index is -4.80. The van der Waals surface area contributed by atoms with E-state index in [1.54, 1.807) is 0 Å². The van der Waals surface area contributed by atoms with Gasteiger partial charge in [0, 0.05) is 16.8 Å². The first-order valence-corrected chi connectivity index (χ1v) is 9.18. The number of halogens is 6. The molecule has 1 unspecified atom stereocenters. The van der Waals surface area contributed by atoms with Gasteiger partial charge >= 0.3 is 6.18 Å². The lowest BCUT2D eigenvalue weighted by Crippen LogP contribution is -2.45. The molecule has 174 valence electrons. The number of amidine groups is 1. The van der Waals surface area contributed by atoms with E-state index < -0.39 is 47.2 Å². The van der Waals surface area contributed by atoms with Gasteiger partial charge in [-0.1, -0.05) is 18.2 Å². The van der Waals surface area contributed by atoms with E-state index in [2.05, 4.69) is 21.6 Å². The molecule has 0 spiro atoms. The molecule has 7 nitrogen and oxygen atoms in total. The molecule has 32 heavy (non-hydrogen) atoms. The van der Waals surface area contributed by atoms with Gasteiger partial charge < -0.3 is 16.4 Å². The van der Waals surface area contributed by atoms with Gasteiger partial charge in [-0.05, 0) is 37.4 Å². The van der Waals surface area contributed by atoms with Crippen molar-refractivity contribution in [1.82, 2.24) is 4.90 Å². The van der Waals surface area contributed by atoms with E-state index in [9.17, 15) is 26.7 Å². The number of carbonyl (C=O) groups is 1. The lowest BCUT2D eigenvalue weighted by molar-refractivity contribution is -0.137. The number of nitrogens with zero attached hydrogens (tertiary/aromatic N) is 4. The smallest absolute Gasteiger partial charge is 0.405 e. The molecule has 1 rings (SSSR count). The molecule has 13 heteroatoms. The fourth-order valence-electron chi connectivity index (χ4n) is 2.39. The van der Waals surface area contributed by atoms with Crippen molar-refractivity contribution in [2.75, 3.05) is 6.54 Å². The second kappa shape index (κ2) is 11.9. The fourth-order valence-corrected chi connectivity index (χ4v) is 2.63. The molecule has 0 aliphatic heterocycles. The number of allylic oxidation sites excluding steroid dienone is 1. The summed E-state index contributed by atoms with van der Waals surface area (Å²) in [7, 11) is 0. The maximum absolute atomic E-state index is 13.2. The van der Waals surface area contributed by atoms with Crippen LogP contribution in [0.15, 0.2) is 57.9 Å². The Morgan fingerprint density at radius 1 is 1.25 bits per heavy atom. The van der Waals surface area contributed by atoms with Crippen LogP contribution in [0, 0.1) is 0 Å². The molecule has 0 aromatic heterocycles. The molecule has 1 aromatic carbocycles. The van der Waals surface area contributed by atoms with Crippen molar-refractivity contribution in [3.05, 3.63) is 59.0 Å². The number of alkyl halides is 5. The molecule has 1 aromatic rings. The number of carbonyl (C=O) groups excluding carboxylic acids is 1. The van der Waals surface area contributed by atoms with Gasteiger partial charge in [0.2, 0.25) is 0 Å². The molecule has 4 N–H and O–H groups in total. The Bertz CT molecular complexity index is 943. The van der Waals surface area contributed by atoms with Gasteiger partial charge in [0.25, 0.3) is 12.3 Å². The Morgan fingerprint density at radius 3 is 2.44 bits per heavy atom. The van der Waals surface area contributed by atoms with Crippen molar-refractivity contribution in [3.63, 3.8) is 0 Å². The van der Waals surface area contributed by atoms with Crippen molar-refractivity contribution in [1.29, 1.82) is 0 Å². The van der Waals surface area contributed by atoms with E-state index in [1.807, 2.05) is 0 Å². The first-order valence-electron chi connectivity index (χ1n) is 8.80. The second-order valence-corrected chi connectivity index (χ2v) is 6.51. The zero-order chi connectivity index (χ0) is 24.5. The summed E-state index contributed by atoms with van der Waals surface area (Å²) >= 11 is 5.71. The minimum absolute atomic E-state index is 0.123. The summed E-state index contributed by atoms with van der Waals surface area (Å²) in [6.07, 6.45) is -3.22. The highest BCUT2D eigenvalue weighted by molar-refractivity contribution is 6.31. The van der Waals surface area contributed by atoms with Gasteiger partial charge in [-0.2, -0.15) is 13.2 Å². The minimum Gasteiger partial charge on any atom is -0.405 e. The van der Waals surface area contributed by atoms with Crippen LogP contribution in [0.3, 0.4) is 0 Å². The summed E-state index contributed by atoms with van der Waals surface area (Å²) in [6.45, 7) is 3.70. The van der Waals surface area contributed by atoms with E-state index in [-0.39, 0.29) is 11.7 Å². The lowest BCUT2D eigenvalue weighted by atomic mass is 10.1. The third kappa shape index (κ3) is 8.10. The molecule has 0 saturated carbocycles. The lowest BCUT2D eigenvalue weighted by Gasteiger charge is -2.29. The topological polar surface area (TPSA) is 109 Å². The predicted octanol–water partition coefficient (Wildman–Crippen LogP) is 3.85. The van der Waals surface area contributed by atoms with Crippen LogP contribution in [0.25, 0.3) is 0 Å². The summed E-state index contributed by atoms with van der Waals surface area (Å²) < 4.78 is 65.7. The zero-order valence-corrected chi connectivity index (χ0v) is 17.5. The van der Waals surface area contributed by atoms with Crippen LogP contribution in [0.1, 0.15) is 22.8 Å². The van der Waals surface area contributed by atoms with Crippen molar-refractivity contribution in [3.8, 4) is 0 Å². The van der Waals surface area contributed by atoms with Gasteiger partial charge in [0.05, 0.1) is 24.5 Å². The van der Waals surface area contributed by atoms with Gasteiger partial charge in [-0.3, -0.25) is 4.79 Å². The molecule has 0 aliphatic carbocycles. The molecule has 1 amide bonds. The highest BCUT2D eigenvalue weighted by Gasteiger charge is 2.34. The summed E-state index contributed by atoms with van der Waals surface area (Å²) in [5.74, 6) is -1.51. The molecular weight excluding hydrogens is 459 g/mol. The van der Waals surface area contributed by atoms with Crippen LogP contribution in [-0.4, -0.2) is 48.2 Å². The zero-order valence-electron chi connectivity index (χ0n) is 16.7. The molecule has 0 aliphatic rings. The van der Waals surface area contributed by atoms with Gasteiger partial charge in [-0.15, -0.1) is 0 Å². The standard InChI is InChI=1S/C19H20ClF5N6O/c1-11(17(29-10-27)30-12(2)28-5-3-4-26)31(9-16(21)22)18(32)13-6-14(19(23,24)25)8-15(20)7-13/h3-8,10-11,16H,2,9,26H2,1H3,(H2,27,29,30)/b4-3-,28-5?. The van der Waals surface area contributed by atoms with Crippen molar-refractivity contribution in [2.45, 2.75) is 25.6 Å². The number of rotatable bonds is 8. The van der Waals surface area contributed by atoms with Crippen LogP contribution < -0.4 is 11.5 Å². The van der Waals surface area contributed by atoms with E-state index in [0.29, 0.717) is 17.0 Å². The number of benzene rings is 1. The summed E-state index contributed by atoms with van der Waals surface area (Å²) in [5, 5.41) is -0.391. The highest BCUT2D eigenvalue weighted by atomic mass is 35.5. The van der Waals surface area contributed by atoms with Crippen molar-refractivity contribution < 1.29 is 26.7 Å². The molecule has 0 saturated heterocycles. The van der Waals surface area contributed by atoms with E-state index in [0.717, 1.165) is 12.4 Å². The number of hydrogen-bond donors (Lipinski definition) is 2. The first-order chi connectivity index (χ1) is 14.9. The van der Waals surface area contributed by atoms with Gasteiger partial charge in [0.15, 0.2) is 5.84 Å². The second-order valence-electron chi connectivity index (χ2n) is 6.08. The summed E-state index contributed by atoms with van der Waals surface area (Å²) in [6, 6.07) is 0.824. The Kier molecular flexibility index (Phi) is 9.98. The van der Waals surface area contributed by atoms with Gasteiger partial charge in [0.1, 0.15) is 5.82 Å². The Morgan fingerprint density at radius 2 is 1.91 bits per heavy atom. The summed E-state index contributed by atoms with van der Waals surface area (Å²) in [5.41, 5.74) is 8.69. The average molecular weight is 479 g/mol. The summed E-state index contributed by atoms with van der Waals surface area (Å²) in [4.78, 5) is 25.0. The largest absolute Gasteiger partial charge is 0.416 e. The molecule has 0 heterocycles. The molecule has 1 atom stereocenters. The Labute approximate surface area is 185 Å². The maximum Gasteiger partial charge on any atom is 0.416 e. The predicted molar refractivity (Wildman–Crippen MR) is 114 cm³/mol. The highest BCUT2D eigenvalue weighted by Crippen LogP contribution is 2.32. The van der Waals surface area contributed by atoms with Gasteiger partial charge in [-0.25, -0.2) is 23.8 Å². The third-order valence-electron chi connectivity index (χ3n) is 3.78. The normalized spacial score (nSPS) is 14.1. The molecule has 0 radical (unpaired) electrons. The van der Waals surface area contributed by atoms with Crippen LogP contribution in [0.5, 0.6) is 0 Å². The fraction of sp³-hybridized carbons (Fsp3) is 0.263. The monoisotopic (exact) mass is 478 g/mol. The Balaban J connectivity index is 3.43. The SMILES string of the molecule is C=C(N=C/C=C\N)N=C(N=CN)C(C)N(CC(F)F)C(=O)c1cc(Cl)cc(C(F)(F)F)c1. The van der Waals surface area contributed by atoms with Crippen molar-refractivity contribution >= 4 is 35.9 Å². The quantitative estimate of drug-likeness (QED) is 0.336. The maximum atomic E-state index is 13.2. The van der Waals surface area contributed by atoms with Crippen LogP contribution in [-0.2, 0) is 6.18 Å². The van der Waals surface area contributed by atoms with Crippen LogP contribution in [0.2, 0.25) is 5.02 Å². The number of hydrogen-bond acceptors (Lipinski definition) is 4. The van der Waals surface area contributed by atoms with Crippen LogP contribution >= 0.6 is 11.6 Å². The van der Waals surface area contributed by atoms with Crippen LogP contribution in [0.4, 0.5) is 22.0 Å².